The van der Waals surface area contributed by atoms with Gasteiger partial charge in [-0.05, 0) is 70.0 Å². The Labute approximate surface area is 227 Å². The monoisotopic (exact) mass is 528 g/mol. The van der Waals surface area contributed by atoms with Crippen LogP contribution in [-0.4, -0.2) is 35.1 Å². The topological polar surface area (TPSA) is 6.48 Å². The molecule has 1 aliphatic heterocycles. The summed E-state index contributed by atoms with van der Waals surface area (Å²) in [6.07, 6.45) is 14.6. The minimum absolute atomic E-state index is 0.0168. The van der Waals surface area contributed by atoms with Crippen LogP contribution in [0.2, 0.25) is 0 Å². The summed E-state index contributed by atoms with van der Waals surface area (Å²) in [4.78, 5) is 0. The molecule has 1 saturated heterocycles. The summed E-state index contributed by atoms with van der Waals surface area (Å²) >= 11 is 0. The van der Waals surface area contributed by atoms with Crippen molar-refractivity contribution in [1.29, 1.82) is 0 Å². The number of nitrogens with zero attached hydrogens (tertiary/aromatic N) is 2. The van der Waals surface area contributed by atoms with E-state index in [0.29, 0.717) is 6.04 Å². The van der Waals surface area contributed by atoms with Gasteiger partial charge in [-0.1, -0.05) is 105 Å². The first-order valence-electron chi connectivity index (χ1n) is 14.7. The molecule has 3 aromatic carbocycles. The summed E-state index contributed by atoms with van der Waals surface area (Å²) in [6, 6.07) is 34.6. The highest BCUT2D eigenvalue weighted by molar-refractivity contribution is 7.74. The van der Waals surface area contributed by atoms with Gasteiger partial charge in [0.05, 0.1) is 8.07 Å². The first-order chi connectivity index (χ1) is 18.4. The summed E-state index contributed by atoms with van der Waals surface area (Å²) in [7, 11) is -0.668. The van der Waals surface area contributed by atoms with Gasteiger partial charge in [-0.15, -0.1) is 0 Å². The van der Waals surface area contributed by atoms with Crippen LogP contribution in [0.4, 0.5) is 5.69 Å². The van der Waals surface area contributed by atoms with E-state index in [1.165, 1.54) is 87.0 Å². The van der Waals surface area contributed by atoms with Crippen LogP contribution in [0.1, 0.15) is 64.2 Å². The molecule has 6 rings (SSSR count). The maximum Gasteiger partial charge on any atom is 0.0550 e. The predicted molar refractivity (Wildman–Crippen MR) is 164 cm³/mol. The largest absolute Gasteiger partial charge is 0.341 e. The lowest BCUT2D eigenvalue weighted by molar-refractivity contribution is 0.420. The quantitative estimate of drug-likeness (QED) is 0.258. The van der Waals surface area contributed by atoms with E-state index < -0.39 is 8.07 Å². The van der Waals surface area contributed by atoms with E-state index in [0.717, 1.165) is 17.9 Å². The van der Waals surface area contributed by atoms with Crippen molar-refractivity contribution in [2.45, 2.75) is 81.6 Å². The van der Waals surface area contributed by atoms with Gasteiger partial charge in [-0.25, -0.2) is 0 Å². The number of hydrogen-bond acceptors (Lipinski definition) is 2. The molecular formula is C33H42N2P2. The van der Waals surface area contributed by atoms with Crippen LogP contribution in [0, 0.1) is 0 Å². The van der Waals surface area contributed by atoms with E-state index >= 15 is 0 Å². The lowest BCUT2D eigenvalue weighted by atomic mass is 10.2. The number of hydrogen-bond donors (Lipinski definition) is 0. The smallest absolute Gasteiger partial charge is 0.0550 e. The van der Waals surface area contributed by atoms with Crippen molar-refractivity contribution in [3.8, 4) is 0 Å². The van der Waals surface area contributed by atoms with Crippen LogP contribution in [0.25, 0.3) is 0 Å². The molecule has 0 bridgehead atoms. The Morgan fingerprint density at radius 1 is 0.595 bits per heavy atom. The van der Waals surface area contributed by atoms with Crippen LogP contribution in [-0.2, 0) is 0 Å². The zero-order valence-electron chi connectivity index (χ0n) is 22.2. The molecule has 37 heavy (non-hydrogen) atoms. The van der Waals surface area contributed by atoms with E-state index in [-0.39, 0.29) is 8.07 Å². The van der Waals surface area contributed by atoms with Crippen molar-refractivity contribution in [2.75, 3.05) is 17.8 Å². The van der Waals surface area contributed by atoms with Gasteiger partial charge in [-0.3, -0.25) is 4.67 Å². The highest BCUT2D eigenvalue weighted by Gasteiger charge is 2.42. The summed E-state index contributed by atoms with van der Waals surface area (Å²) in [5.74, 6) is 0. The summed E-state index contributed by atoms with van der Waals surface area (Å²) in [5.41, 5.74) is 3.36. The van der Waals surface area contributed by atoms with E-state index in [1.807, 2.05) is 0 Å². The number of para-hydroxylation sites is 1. The van der Waals surface area contributed by atoms with Gasteiger partial charge < -0.3 is 4.67 Å². The van der Waals surface area contributed by atoms with Gasteiger partial charge in [0.25, 0.3) is 0 Å². The molecule has 2 nitrogen and oxygen atoms in total. The lowest BCUT2D eigenvalue weighted by Gasteiger charge is -2.44. The van der Waals surface area contributed by atoms with Crippen LogP contribution in [0.3, 0.4) is 0 Å². The maximum atomic E-state index is 3.11. The van der Waals surface area contributed by atoms with Crippen molar-refractivity contribution in [3.63, 3.8) is 0 Å². The average molecular weight is 529 g/mol. The average Bonchev–Trinajstić information content (AvgIpc) is 3.76. The van der Waals surface area contributed by atoms with Crippen molar-refractivity contribution in [1.82, 2.24) is 4.67 Å². The van der Waals surface area contributed by atoms with Crippen LogP contribution in [0.5, 0.6) is 0 Å². The van der Waals surface area contributed by atoms with Crippen molar-refractivity contribution in [3.05, 3.63) is 91.0 Å². The molecule has 0 radical (unpaired) electrons. The predicted octanol–water partition coefficient (Wildman–Crippen LogP) is 8.29. The third kappa shape index (κ3) is 5.83. The lowest BCUT2D eigenvalue weighted by Crippen LogP contribution is -2.41. The molecule has 0 spiro atoms. The van der Waals surface area contributed by atoms with Crippen molar-refractivity contribution < 1.29 is 0 Å². The van der Waals surface area contributed by atoms with Gasteiger partial charge in [0.2, 0.25) is 0 Å². The molecular weight excluding hydrogens is 486 g/mol. The van der Waals surface area contributed by atoms with E-state index in [2.05, 4.69) is 100 Å². The van der Waals surface area contributed by atoms with Gasteiger partial charge >= 0.3 is 0 Å². The molecule has 1 atom stereocenters. The molecule has 4 heteroatoms. The second-order valence-electron chi connectivity index (χ2n) is 11.1. The van der Waals surface area contributed by atoms with Gasteiger partial charge in [-0.2, -0.15) is 0 Å². The van der Waals surface area contributed by atoms with E-state index in [9.17, 15) is 0 Å². The zero-order valence-corrected chi connectivity index (χ0v) is 24.0. The van der Waals surface area contributed by atoms with Crippen molar-refractivity contribution >= 4 is 32.4 Å². The van der Waals surface area contributed by atoms with Crippen LogP contribution in [0.15, 0.2) is 91.0 Å². The van der Waals surface area contributed by atoms with E-state index in [1.54, 1.807) is 0 Å². The molecule has 0 aromatic heterocycles. The first-order valence-corrected chi connectivity index (χ1v) is 17.4. The Bertz CT molecular complexity index is 1030. The summed E-state index contributed by atoms with van der Waals surface area (Å²) in [5, 5.41) is 2.90. The standard InChI is InChI=1S/C33H42N2P2/c1-4-15-28(16-5-1)35(37(32-18-6-2-7-19-32)33-20-8-3-9-21-33)27-29-17-14-26-34(29)36(30-22-10-11-23-30)31-24-12-13-25-31/h1-9,15-16,18-21,29-31H,10-14,17,22-27H2/t29-/m0/s1. The van der Waals surface area contributed by atoms with Crippen molar-refractivity contribution in [2.24, 2.45) is 0 Å². The number of anilines is 1. The molecule has 3 aromatic rings. The molecule has 2 aliphatic carbocycles. The second kappa shape index (κ2) is 12.4. The zero-order chi connectivity index (χ0) is 24.9. The Morgan fingerprint density at radius 2 is 1.08 bits per heavy atom. The summed E-state index contributed by atoms with van der Waals surface area (Å²) in [6.45, 7) is 2.47. The van der Waals surface area contributed by atoms with E-state index in [4.69, 9.17) is 0 Å². The molecule has 3 fully saturated rings. The highest BCUT2D eigenvalue weighted by atomic mass is 31.1. The highest BCUT2D eigenvalue weighted by Crippen LogP contribution is 2.61. The summed E-state index contributed by atoms with van der Waals surface area (Å²) < 4.78 is 5.92. The fourth-order valence-corrected chi connectivity index (χ4v) is 13.7. The first kappa shape index (κ1) is 25.6. The maximum absolute atomic E-state index is 3.11. The minimum Gasteiger partial charge on any atom is -0.341 e. The molecule has 3 aliphatic rings. The van der Waals surface area contributed by atoms with Gasteiger partial charge in [0, 0.05) is 35.4 Å². The fraction of sp³-hybridized carbons (Fsp3) is 0.455. The molecule has 2 saturated carbocycles. The Kier molecular flexibility index (Phi) is 8.58. The molecule has 194 valence electrons. The molecule has 0 amide bonds. The van der Waals surface area contributed by atoms with Gasteiger partial charge in [0.1, 0.15) is 0 Å². The van der Waals surface area contributed by atoms with Crippen LogP contribution < -0.4 is 15.3 Å². The molecule has 0 N–H and O–H groups in total. The molecule has 1 heterocycles. The minimum atomic E-state index is -0.652. The van der Waals surface area contributed by atoms with Crippen LogP contribution >= 0.6 is 16.1 Å². The number of rotatable bonds is 9. The third-order valence-electron chi connectivity index (χ3n) is 8.72. The Hall–Kier alpha value is -1.72. The normalized spacial score (nSPS) is 21.4. The van der Waals surface area contributed by atoms with Gasteiger partial charge in [0.15, 0.2) is 0 Å². The number of benzene rings is 3. The fourth-order valence-electron chi connectivity index (χ4n) is 7.03. The third-order valence-corrected chi connectivity index (χ3v) is 14.8. The SMILES string of the molecule is c1ccc(N(C[C@@H]2CCCN2P(C2CCCC2)C2CCCC2)P(c2ccccc2)c2ccccc2)cc1. The molecule has 0 unspecified atom stereocenters. The Morgan fingerprint density at radius 3 is 1.59 bits per heavy atom. The second-order valence-corrected chi connectivity index (χ2v) is 16.0. The Balaban J connectivity index is 1.36.